The fraction of sp³-hybridized carbons (Fsp3) is 0.286. The summed E-state index contributed by atoms with van der Waals surface area (Å²) in [6.07, 6.45) is 6.14. The first kappa shape index (κ1) is 10.5. The molecule has 0 N–H and O–H groups in total. The average Bonchev–Trinajstić information content (AvgIpc) is 2.41. The van der Waals surface area contributed by atoms with Gasteiger partial charge < -0.3 is 4.90 Å². The fourth-order valence-corrected chi connectivity index (χ4v) is 2.39. The van der Waals surface area contributed by atoms with Crippen LogP contribution in [0.2, 0.25) is 0 Å². The van der Waals surface area contributed by atoms with E-state index in [0.29, 0.717) is 5.52 Å². The third kappa shape index (κ3) is 1.86. The highest BCUT2D eigenvalue weighted by Crippen LogP contribution is 2.29. The van der Waals surface area contributed by atoms with Crippen LogP contribution in [0.25, 0.3) is 10.9 Å². The Bertz CT molecular complexity index is 533. The SMILES string of the molecule is Fc1ccc(N2CC[CH]CC2)c2cccnc12. The van der Waals surface area contributed by atoms with Gasteiger partial charge in [-0.1, -0.05) is 0 Å². The van der Waals surface area contributed by atoms with E-state index in [4.69, 9.17) is 0 Å². The van der Waals surface area contributed by atoms with E-state index < -0.39 is 0 Å². The Labute approximate surface area is 100 Å². The number of anilines is 1. The van der Waals surface area contributed by atoms with Crippen LogP contribution in [0.1, 0.15) is 12.8 Å². The molecule has 2 aromatic rings. The molecule has 3 heteroatoms. The minimum atomic E-state index is -0.243. The van der Waals surface area contributed by atoms with Crippen molar-refractivity contribution in [2.45, 2.75) is 12.8 Å². The van der Waals surface area contributed by atoms with Gasteiger partial charge in [-0.25, -0.2) is 4.39 Å². The molecule has 2 nitrogen and oxygen atoms in total. The minimum Gasteiger partial charge on any atom is -0.371 e. The van der Waals surface area contributed by atoms with E-state index in [-0.39, 0.29) is 5.82 Å². The minimum absolute atomic E-state index is 0.243. The van der Waals surface area contributed by atoms with Crippen LogP contribution in [-0.4, -0.2) is 18.1 Å². The molecule has 87 valence electrons. The van der Waals surface area contributed by atoms with Crippen LogP contribution in [0.15, 0.2) is 30.5 Å². The standard InChI is InChI=1S/C14H14FN2/c15-12-6-7-13(17-9-2-1-3-10-17)11-5-4-8-16-14(11)12/h1,4-8H,2-3,9-10H2. The van der Waals surface area contributed by atoms with Crippen LogP contribution in [0.3, 0.4) is 0 Å². The predicted octanol–water partition coefficient (Wildman–Crippen LogP) is 3.18. The molecule has 2 heterocycles. The van der Waals surface area contributed by atoms with Crippen molar-refractivity contribution in [3.8, 4) is 0 Å². The Morgan fingerprint density at radius 3 is 2.76 bits per heavy atom. The van der Waals surface area contributed by atoms with Crippen LogP contribution in [0.4, 0.5) is 10.1 Å². The number of rotatable bonds is 1. The lowest BCUT2D eigenvalue weighted by Crippen LogP contribution is -2.29. The van der Waals surface area contributed by atoms with Gasteiger partial charge in [-0.3, -0.25) is 4.98 Å². The molecular formula is C14H14FN2. The molecule has 1 aromatic heterocycles. The smallest absolute Gasteiger partial charge is 0.149 e. The number of halogens is 1. The topological polar surface area (TPSA) is 16.1 Å². The van der Waals surface area contributed by atoms with E-state index >= 15 is 0 Å². The summed E-state index contributed by atoms with van der Waals surface area (Å²) in [6, 6.07) is 7.19. The van der Waals surface area contributed by atoms with Gasteiger partial charge >= 0.3 is 0 Å². The molecule has 1 fully saturated rings. The first-order valence-electron chi connectivity index (χ1n) is 5.96. The number of hydrogen-bond donors (Lipinski definition) is 0. The molecular weight excluding hydrogens is 215 g/mol. The monoisotopic (exact) mass is 229 g/mol. The number of benzene rings is 1. The van der Waals surface area contributed by atoms with Gasteiger partial charge in [0.2, 0.25) is 0 Å². The average molecular weight is 229 g/mol. The Morgan fingerprint density at radius 1 is 1.12 bits per heavy atom. The van der Waals surface area contributed by atoms with Crippen LogP contribution in [-0.2, 0) is 0 Å². The Balaban J connectivity index is 2.12. The maximum absolute atomic E-state index is 13.6. The van der Waals surface area contributed by atoms with Gasteiger partial charge in [0, 0.05) is 30.4 Å². The predicted molar refractivity (Wildman–Crippen MR) is 67.4 cm³/mol. The van der Waals surface area contributed by atoms with Crippen LogP contribution in [0, 0.1) is 12.2 Å². The molecule has 1 aliphatic heterocycles. The zero-order valence-electron chi connectivity index (χ0n) is 9.56. The van der Waals surface area contributed by atoms with Gasteiger partial charge in [0.25, 0.3) is 0 Å². The molecule has 17 heavy (non-hydrogen) atoms. The number of fused-ring (bicyclic) bond motifs is 1. The van der Waals surface area contributed by atoms with Crippen molar-refractivity contribution in [3.05, 3.63) is 42.7 Å². The van der Waals surface area contributed by atoms with Crippen molar-refractivity contribution in [1.29, 1.82) is 0 Å². The summed E-state index contributed by atoms with van der Waals surface area (Å²) in [5.74, 6) is -0.243. The fourth-order valence-electron chi connectivity index (χ4n) is 2.39. The molecule has 3 rings (SSSR count). The van der Waals surface area contributed by atoms with Crippen molar-refractivity contribution in [2.75, 3.05) is 18.0 Å². The third-order valence-corrected chi connectivity index (χ3v) is 3.24. The lowest BCUT2D eigenvalue weighted by molar-refractivity contribution is 0.635. The van der Waals surface area contributed by atoms with E-state index in [1.807, 2.05) is 18.2 Å². The van der Waals surface area contributed by atoms with E-state index in [1.54, 1.807) is 6.20 Å². The van der Waals surface area contributed by atoms with E-state index in [2.05, 4.69) is 16.3 Å². The molecule has 0 atom stereocenters. The summed E-state index contributed by atoms with van der Waals surface area (Å²) >= 11 is 0. The van der Waals surface area contributed by atoms with Gasteiger partial charge in [-0.15, -0.1) is 0 Å². The number of piperidine rings is 1. The van der Waals surface area contributed by atoms with Crippen LogP contribution < -0.4 is 4.90 Å². The van der Waals surface area contributed by atoms with Crippen molar-refractivity contribution < 1.29 is 4.39 Å². The van der Waals surface area contributed by atoms with Crippen molar-refractivity contribution in [2.24, 2.45) is 0 Å². The van der Waals surface area contributed by atoms with Gasteiger partial charge in [0.05, 0.1) is 0 Å². The highest BCUT2D eigenvalue weighted by molar-refractivity contribution is 5.92. The van der Waals surface area contributed by atoms with Crippen LogP contribution >= 0.6 is 0 Å². The van der Waals surface area contributed by atoms with Crippen molar-refractivity contribution >= 4 is 16.6 Å². The second-order valence-electron chi connectivity index (χ2n) is 4.32. The number of aromatic nitrogens is 1. The summed E-state index contributed by atoms with van der Waals surface area (Å²) in [6.45, 7) is 2.02. The summed E-state index contributed by atoms with van der Waals surface area (Å²) < 4.78 is 13.6. The first-order valence-corrected chi connectivity index (χ1v) is 5.96. The third-order valence-electron chi connectivity index (χ3n) is 3.24. The largest absolute Gasteiger partial charge is 0.371 e. The quantitative estimate of drug-likeness (QED) is 0.746. The molecule has 0 amide bonds. The van der Waals surface area contributed by atoms with Gasteiger partial charge in [-0.05, 0) is 43.5 Å². The van der Waals surface area contributed by atoms with E-state index in [9.17, 15) is 4.39 Å². The van der Waals surface area contributed by atoms with Crippen LogP contribution in [0.5, 0.6) is 0 Å². The summed E-state index contributed by atoms with van der Waals surface area (Å²) in [5.41, 5.74) is 1.57. The number of pyridine rings is 1. The highest BCUT2D eigenvalue weighted by atomic mass is 19.1. The Morgan fingerprint density at radius 2 is 1.94 bits per heavy atom. The molecule has 0 aliphatic carbocycles. The van der Waals surface area contributed by atoms with Crippen molar-refractivity contribution in [3.63, 3.8) is 0 Å². The first-order chi connectivity index (χ1) is 8.36. The summed E-state index contributed by atoms with van der Waals surface area (Å²) in [7, 11) is 0. The van der Waals surface area contributed by atoms with Gasteiger partial charge in [-0.2, -0.15) is 0 Å². The molecule has 1 aliphatic rings. The van der Waals surface area contributed by atoms with Gasteiger partial charge in [0.15, 0.2) is 0 Å². The zero-order chi connectivity index (χ0) is 11.7. The lowest BCUT2D eigenvalue weighted by atomic mass is 10.1. The lowest BCUT2D eigenvalue weighted by Gasteiger charge is -2.29. The molecule has 1 aromatic carbocycles. The Hall–Kier alpha value is -1.64. The maximum Gasteiger partial charge on any atom is 0.149 e. The molecule has 0 unspecified atom stereocenters. The molecule has 0 bridgehead atoms. The van der Waals surface area contributed by atoms with Gasteiger partial charge in [0.1, 0.15) is 11.3 Å². The van der Waals surface area contributed by atoms with E-state index in [0.717, 1.165) is 37.0 Å². The molecule has 0 spiro atoms. The van der Waals surface area contributed by atoms with Crippen molar-refractivity contribution in [1.82, 2.24) is 4.98 Å². The Kier molecular flexibility index (Phi) is 2.67. The molecule has 1 radical (unpaired) electrons. The molecule has 0 saturated carbocycles. The summed E-state index contributed by atoms with van der Waals surface area (Å²) in [5, 5.41) is 0.911. The zero-order valence-corrected chi connectivity index (χ0v) is 9.56. The number of nitrogens with zero attached hydrogens (tertiary/aromatic N) is 2. The summed E-state index contributed by atoms with van der Waals surface area (Å²) in [4.78, 5) is 6.44. The molecule has 1 saturated heterocycles. The van der Waals surface area contributed by atoms with E-state index in [1.165, 1.54) is 6.07 Å². The highest BCUT2D eigenvalue weighted by Gasteiger charge is 2.15. The second-order valence-corrected chi connectivity index (χ2v) is 4.32. The maximum atomic E-state index is 13.6. The normalized spacial score (nSPS) is 16.4. The number of hydrogen-bond acceptors (Lipinski definition) is 2. The second kappa shape index (κ2) is 4.32.